The molecule has 2 aliphatic rings. The van der Waals surface area contributed by atoms with E-state index in [-0.39, 0.29) is 11.8 Å². The van der Waals surface area contributed by atoms with Crippen LogP contribution in [0, 0.1) is 0 Å². The Bertz CT molecular complexity index is 909. The van der Waals surface area contributed by atoms with Crippen LogP contribution in [0.1, 0.15) is 22.3 Å². The Kier molecular flexibility index (Phi) is 3.73. The average molecular weight is 350 g/mol. The van der Waals surface area contributed by atoms with E-state index in [4.69, 9.17) is 5.73 Å². The van der Waals surface area contributed by atoms with E-state index in [1.165, 1.54) is 0 Å². The van der Waals surface area contributed by atoms with Crippen LogP contribution in [0.3, 0.4) is 0 Å². The van der Waals surface area contributed by atoms with Crippen molar-refractivity contribution in [3.8, 4) is 0 Å². The third-order valence-corrected chi connectivity index (χ3v) is 5.08. The summed E-state index contributed by atoms with van der Waals surface area (Å²) in [6, 6.07) is 13.5. The first-order chi connectivity index (χ1) is 12.5. The fraction of sp³-hybridized carbons (Fsp3) is 0.211. The number of rotatable bonds is 3. The number of para-hydroxylation sites is 1. The highest BCUT2D eigenvalue weighted by atomic mass is 16.2. The number of anilines is 2. The lowest BCUT2D eigenvalue weighted by molar-refractivity contribution is -0.120. The van der Waals surface area contributed by atoms with Gasteiger partial charge in [0, 0.05) is 23.5 Å². The van der Waals surface area contributed by atoms with Gasteiger partial charge in [0.25, 0.3) is 0 Å². The van der Waals surface area contributed by atoms with E-state index in [0.29, 0.717) is 24.2 Å². The summed E-state index contributed by atoms with van der Waals surface area (Å²) >= 11 is 0. The predicted molar refractivity (Wildman–Crippen MR) is 96.7 cm³/mol. The van der Waals surface area contributed by atoms with Crippen LogP contribution in [0.15, 0.2) is 48.5 Å². The molecule has 26 heavy (non-hydrogen) atoms. The second-order valence-electron chi connectivity index (χ2n) is 6.65. The lowest BCUT2D eigenvalue weighted by Crippen LogP contribution is -2.36. The maximum atomic E-state index is 12.6. The van der Waals surface area contributed by atoms with Gasteiger partial charge < -0.3 is 21.7 Å². The smallest absolute Gasteiger partial charge is 0.248 e. The van der Waals surface area contributed by atoms with Gasteiger partial charge in [-0.25, -0.2) is 0 Å². The molecular weight excluding hydrogens is 332 g/mol. The maximum absolute atomic E-state index is 12.6. The Morgan fingerprint density at radius 1 is 1.12 bits per heavy atom. The SMILES string of the molecule is NC(=O)c1ccc(NC(=O)C2CC3(CN2)C(=O)Nc2ccccc23)cc1. The molecule has 4 rings (SSSR count). The van der Waals surface area contributed by atoms with Crippen molar-refractivity contribution < 1.29 is 14.4 Å². The lowest BCUT2D eigenvalue weighted by atomic mass is 9.79. The molecule has 2 aromatic rings. The summed E-state index contributed by atoms with van der Waals surface area (Å²) < 4.78 is 0. The minimum Gasteiger partial charge on any atom is -0.366 e. The first kappa shape index (κ1) is 16.3. The van der Waals surface area contributed by atoms with E-state index >= 15 is 0 Å². The summed E-state index contributed by atoms with van der Waals surface area (Å²) in [5.74, 6) is -0.814. The van der Waals surface area contributed by atoms with E-state index in [2.05, 4.69) is 16.0 Å². The number of nitrogens with one attached hydrogen (secondary N) is 3. The summed E-state index contributed by atoms with van der Waals surface area (Å²) in [6.45, 7) is 0.411. The summed E-state index contributed by atoms with van der Waals surface area (Å²) in [5, 5.41) is 8.87. The van der Waals surface area contributed by atoms with Gasteiger partial charge in [-0.15, -0.1) is 0 Å². The molecule has 2 heterocycles. The molecule has 0 radical (unpaired) electrons. The minimum absolute atomic E-state index is 0.0766. The van der Waals surface area contributed by atoms with Crippen molar-refractivity contribution in [2.24, 2.45) is 5.73 Å². The number of hydrogen-bond donors (Lipinski definition) is 4. The van der Waals surface area contributed by atoms with Gasteiger partial charge in [-0.05, 0) is 42.3 Å². The molecule has 1 fully saturated rings. The number of nitrogens with two attached hydrogens (primary N) is 1. The summed E-state index contributed by atoms with van der Waals surface area (Å²) in [6.07, 6.45) is 0.390. The van der Waals surface area contributed by atoms with Crippen LogP contribution >= 0.6 is 0 Å². The van der Waals surface area contributed by atoms with Crippen molar-refractivity contribution in [1.82, 2.24) is 5.32 Å². The third-order valence-electron chi connectivity index (χ3n) is 5.08. The molecule has 0 saturated carbocycles. The molecule has 7 heteroatoms. The summed E-state index contributed by atoms with van der Waals surface area (Å²) in [7, 11) is 0. The van der Waals surface area contributed by atoms with Crippen LogP contribution in [0.5, 0.6) is 0 Å². The molecule has 0 bridgehead atoms. The standard InChI is InChI=1S/C19H18N4O3/c20-16(24)11-5-7-12(8-6-11)22-17(25)15-9-19(10-21-15)13-3-1-2-4-14(13)23-18(19)26/h1-8,15,21H,9-10H2,(H2,20,24)(H,22,25)(H,23,26). The zero-order valence-corrected chi connectivity index (χ0v) is 13.9. The number of primary amides is 1. The predicted octanol–water partition coefficient (Wildman–Crippen LogP) is 0.976. The van der Waals surface area contributed by atoms with Gasteiger partial charge in [-0.3, -0.25) is 14.4 Å². The Hall–Kier alpha value is -3.19. The second-order valence-corrected chi connectivity index (χ2v) is 6.65. The lowest BCUT2D eigenvalue weighted by Gasteiger charge is -2.20. The molecule has 1 spiro atoms. The Morgan fingerprint density at radius 2 is 1.85 bits per heavy atom. The Labute approximate surface area is 150 Å². The van der Waals surface area contributed by atoms with Gasteiger partial charge in [-0.2, -0.15) is 0 Å². The Morgan fingerprint density at radius 3 is 2.58 bits per heavy atom. The van der Waals surface area contributed by atoms with Crippen molar-refractivity contribution in [3.05, 3.63) is 59.7 Å². The first-order valence-electron chi connectivity index (χ1n) is 8.35. The van der Waals surface area contributed by atoms with Crippen molar-refractivity contribution in [3.63, 3.8) is 0 Å². The van der Waals surface area contributed by atoms with Crippen LogP contribution in [0.2, 0.25) is 0 Å². The first-order valence-corrected chi connectivity index (χ1v) is 8.35. The molecule has 2 unspecified atom stereocenters. The molecule has 2 aliphatic heterocycles. The average Bonchev–Trinajstić information content (AvgIpc) is 3.19. The quantitative estimate of drug-likeness (QED) is 0.661. The fourth-order valence-electron chi connectivity index (χ4n) is 3.67. The third kappa shape index (κ3) is 2.53. The number of carbonyl (C=O) groups excluding carboxylic acids is 3. The van der Waals surface area contributed by atoms with Gasteiger partial charge in [0.05, 0.1) is 11.5 Å². The number of benzene rings is 2. The molecule has 2 aromatic carbocycles. The van der Waals surface area contributed by atoms with Crippen LogP contribution in [0.4, 0.5) is 11.4 Å². The van der Waals surface area contributed by atoms with Gasteiger partial charge >= 0.3 is 0 Å². The van der Waals surface area contributed by atoms with E-state index in [1.54, 1.807) is 24.3 Å². The normalized spacial score (nSPS) is 23.5. The van der Waals surface area contributed by atoms with Crippen molar-refractivity contribution in [1.29, 1.82) is 0 Å². The molecule has 132 valence electrons. The topological polar surface area (TPSA) is 113 Å². The maximum Gasteiger partial charge on any atom is 0.248 e. The highest BCUT2D eigenvalue weighted by Crippen LogP contribution is 2.43. The van der Waals surface area contributed by atoms with Gasteiger partial charge in [0.2, 0.25) is 17.7 Å². The van der Waals surface area contributed by atoms with Crippen LogP contribution in [-0.2, 0) is 15.0 Å². The molecular formula is C19H18N4O3. The number of carbonyl (C=O) groups is 3. The number of fused-ring (bicyclic) bond motifs is 2. The van der Waals surface area contributed by atoms with Crippen LogP contribution in [-0.4, -0.2) is 30.3 Å². The van der Waals surface area contributed by atoms with E-state index in [0.717, 1.165) is 11.3 Å². The molecule has 5 N–H and O–H groups in total. The Balaban J connectivity index is 1.49. The van der Waals surface area contributed by atoms with E-state index in [1.807, 2.05) is 24.3 Å². The van der Waals surface area contributed by atoms with Crippen LogP contribution < -0.4 is 21.7 Å². The van der Waals surface area contributed by atoms with Crippen molar-refractivity contribution >= 4 is 29.1 Å². The van der Waals surface area contributed by atoms with Crippen molar-refractivity contribution in [2.45, 2.75) is 17.9 Å². The molecule has 3 amide bonds. The fourth-order valence-corrected chi connectivity index (χ4v) is 3.67. The second kappa shape index (κ2) is 5.96. The van der Waals surface area contributed by atoms with Gasteiger partial charge in [0.1, 0.15) is 0 Å². The molecule has 0 aromatic heterocycles. The molecule has 0 aliphatic carbocycles. The summed E-state index contributed by atoms with van der Waals surface area (Å²) in [5.41, 5.74) is 7.18. The van der Waals surface area contributed by atoms with E-state index < -0.39 is 17.4 Å². The monoisotopic (exact) mass is 350 g/mol. The molecule has 1 saturated heterocycles. The highest BCUT2D eigenvalue weighted by molar-refractivity contribution is 6.08. The van der Waals surface area contributed by atoms with Gasteiger partial charge in [-0.1, -0.05) is 18.2 Å². The van der Waals surface area contributed by atoms with Crippen LogP contribution in [0.25, 0.3) is 0 Å². The van der Waals surface area contributed by atoms with Gasteiger partial charge in [0.15, 0.2) is 0 Å². The number of hydrogen-bond acceptors (Lipinski definition) is 4. The summed E-state index contributed by atoms with van der Waals surface area (Å²) in [4.78, 5) is 36.3. The highest BCUT2D eigenvalue weighted by Gasteiger charge is 2.52. The molecule has 7 nitrogen and oxygen atoms in total. The zero-order valence-electron chi connectivity index (χ0n) is 13.9. The molecule has 2 atom stereocenters. The zero-order chi connectivity index (χ0) is 18.3. The largest absolute Gasteiger partial charge is 0.366 e. The minimum atomic E-state index is -0.714. The number of amides is 3. The van der Waals surface area contributed by atoms with Crippen molar-refractivity contribution in [2.75, 3.05) is 17.2 Å². The van der Waals surface area contributed by atoms with E-state index in [9.17, 15) is 14.4 Å².